The van der Waals surface area contributed by atoms with E-state index in [0.29, 0.717) is 0 Å². The topological polar surface area (TPSA) is 233 Å². The van der Waals surface area contributed by atoms with Gasteiger partial charge in [0.15, 0.2) is 0 Å². The molecule has 0 unspecified atom stereocenters. The predicted octanol–water partition coefficient (Wildman–Crippen LogP) is 3.20. The maximum absolute atomic E-state index is 13.9. The molecule has 50 heavy (non-hydrogen) atoms. The van der Waals surface area contributed by atoms with Crippen molar-refractivity contribution in [3.8, 4) is 0 Å². The van der Waals surface area contributed by atoms with Crippen molar-refractivity contribution in [2.45, 2.75) is 154 Å². The van der Waals surface area contributed by atoms with Gasteiger partial charge in [0.2, 0.25) is 0 Å². The number of carbonyl (C=O) groups excluding carboxylic acids is 6. The zero-order valence-corrected chi connectivity index (χ0v) is 35.7. The van der Waals surface area contributed by atoms with Crippen LogP contribution in [0.4, 0.5) is 0 Å². The van der Waals surface area contributed by atoms with Gasteiger partial charge in [-0.25, -0.2) is 0 Å². The minimum atomic E-state index is -7.84. The van der Waals surface area contributed by atoms with Gasteiger partial charge in [0.25, 0.3) is 0 Å². The molecule has 0 saturated heterocycles. The molecule has 6 N–H and O–H groups in total. The van der Waals surface area contributed by atoms with E-state index >= 15 is 0 Å². The third kappa shape index (κ3) is 8.70. The molecule has 0 saturated carbocycles. The summed E-state index contributed by atoms with van der Waals surface area (Å²) in [4.78, 5) is 80.7. The van der Waals surface area contributed by atoms with Crippen LogP contribution in [0, 0.1) is 32.5 Å². The molecule has 13 nitrogen and oxygen atoms in total. The zero-order valence-electron chi connectivity index (χ0n) is 33.2. The Morgan fingerprint density at radius 1 is 0.420 bits per heavy atom. The molecule has 0 rings (SSSR count). The van der Waals surface area contributed by atoms with Gasteiger partial charge in [-0.05, 0) is 0 Å². The molecule has 0 fully saturated rings. The minimum absolute atomic E-state index is 0.636. The van der Waals surface area contributed by atoms with Crippen molar-refractivity contribution in [3.63, 3.8) is 0 Å². The third-order valence-electron chi connectivity index (χ3n) is 10.1. The maximum atomic E-state index is 13.9. The molecule has 0 aliphatic carbocycles. The van der Waals surface area contributed by atoms with Crippen LogP contribution in [0.3, 0.4) is 0 Å². The van der Waals surface area contributed by atoms with Crippen LogP contribution in [-0.4, -0.2) is 81.9 Å². The van der Waals surface area contributed by atoms with Gasteiger partial charge in [0.1, 0.15) is 0 Å². The van der Waals surface area contributed by atoms with Crippen LogP contribution in [0.5, 0.6) is 0 Å². The van der Waals surface area contributed by atoms with E-state index in [-0.39, 0.29) is 0 Å². The predicted molar refractivity (Wildman–Crippen MR) is 181 cm³/mol. The average molecular weight is 796 g/mol. The van der Waals surface area contributed by atoms with E-state index in [1.54, 1.807) is 0 Å². The van der Waals surface area contributed by atoms with Gasteiger partial charge in [-0.15, -0.1) is 0 Å². The van der Waals surface area contributed by atoms with Crippen LogP contribution in [0.2, 0.25) is 0 Å². The molecule has 0 amide bonds. The molecular formula is C36H64O13Zr. The summed E-state index contributed by atoms with van der Waals surface area (Å²) in [7, 11) is 0. The normalized spacial score (nSPS) is 14.9. The fourth-order valence-electron chi connectivity index (χ4n) is 5.13. The zero-order chi connectivity index (χ0) is 40.9. The summed E-state index contributed by atoms with van der Waals surface area (Å²) in [5.41, 5.74) is -11.3. The molecule has 0 atom stereocenters. The molecule has 0 spiro atoms. The molecule has 0 aliphatic rings. The first-order chi connectivity index (χ1) is 21.6. The fraction of sp³-hybridized carbons (Fsp3) is 0.833. The summed E-state index contributed by atoms with van der Waals surface area (Å²) in [5, 5.41) is 74.8. The van der Waals surface area contributed by atoms with Gasteiger partial charge in [0, 0.05) is 0 Å². The second kappa shape index (κ2) is 14.8. The second-order valence-corrected chi connectivity index (χ2v) is 27.6. The van der Waals surface area contributed by atoms with Crippen molar-refractivity contribution in [1.82, 2.24) is 0 Å². The van der Waals surface area contributed by atoms with Gasteiger partial charge in [-0.3, -0.25) is 0 Å². The number of carbonyl (C=O) groups is 6. The number of hydrogen-bond donors (Lipinski definition) is 6. The summed E-state index contributed by atoms with van der Waals surface area (Å²) in [6.07, 6.45) is -4.02. The van der Waals surface area contributed by atoms with Gasteiger partial charge in [0.05, 0.1) is 0 Å². The van der Waals surface area contributed by atoms with Gasteiger partial charge < -0.3 is 0 Å². The number of aliphatic hydroxyl groups is 6. The average Bonchev–Trinajstić information content (AvgIpc) is 2.88. The summed E-state index contributed by atoms with van der Waals surface area (Å²) >= 11 is -7.84. The third-order valence-corrected chi connectivity index (χ3v) is 23.9. The molecule has 0 aromatic carbocycles. The molecule has 0 aliphatic heterocycles. The molecule has 14 heteroatoms. The molecule has 0 aromatic rings. The Hall–Kier alpha value is -1.38. The van der Waals surface area contributed by atoms with Crippen molar-refractivity contribution in [3.05, 3.63) is 0 Å². The van der Waals surface area contributed by atoms with Crippen molar-refractivity contribution in [2.24, 2.45) is 32.5 Å². The van der Waals surface area contributed by atoms with Gasteiger partial charge in [-0.2, -0.15) is 0 Å². The van der Waals surface area contributed by atoms with E-state index in [2.05, 4.69) is 0 Å². The molecule has 0 heterocycles. The molecule has 0 bridgehead atoms. The molecule has 290 valence electrons. The van der Waals surface area contributed by atoms with Crippen molar-refractivity contribution in [2.75, 3.05) is 0 Å². The number of rotatable bonds is 17. The Labute approximate surface area is 302 Å². The molecule has 0 radical (unpaired) electrons. The Bertz CT molecular complexity index is 1190. The molecule has 0 aromatic heterocycles. The second-order valence-electron chi connectivity index (χ2n) is 18.6. The van der Waals surface area contributed by atoms with E-state index in [0.717, 1.165) is 41.5 Å². The van der Waals surface area contributed by atoms with E-state index in [9.17, 15) is 59.4 Å². The number of Topliss-reactive ketones (excluding diaryl/α,β-unsaturated/α-hetero) is 6. The Morgan fingerprint density at radius 2 is 0.600 bits per heavy atom. The van der Waals surface area contributed by atoms with Crippen LogP contribution in [-0.2, 0) is 52.3 Å². The van der Waals surface area contributed by atoms with E-state index in [1.807, 2.05) is 0 Å². The summed E-state index contributed by atoms with van der Waals surface area (Å²) in [6.45, 7) is 21.8. The summed E-state index contributed by atoms with van der Waals surface area (Å²) in [5.74, 6) is -5.40. The van der Waals surface area contributed by atoms with Crippen LogP contribution < -0.4 is 0 Å². The van der Waals surface area contributed by atoms with E-state index in [4.69, 9.17) is 2.81 Å². The fourth-order valence-corrected chi connectivity index (χ4v) is 19.2. The number of ketones is 6. The standard InChI is InChI=1S/3C11H19O4.C3H7O.Zr/c3*1-10(2,3)7(12)6-8(13)11(4,5)9(14)15;1-3(2)4;/h3*14-15H,6H2,1-5H3;3H,1-2H3;/q;;;-1;+1. The van der Waals surface area contributed by atoms with Crippen molar-refractivity contribution < 1.29 is 82.9 Å². The van der Waals surface area contributed by atoms with Crippen LogP contribution in [0.1, 0.15) is 137 Å². The van der Waals surface area contributed by atoms with E-state index in [1.165, 1.54) is 76.2 Å². The quantitative estimate of drug-likeness (QED) is 0.0919. The first-order valence-corrected chi connectivity index (χ1v) is 21.5. The monoisotopic (exact) mass is 794 g/mol. The van der Waals surface area contributed by atoms with Gasteiger partial charge >= 0.3 is 304 Å². The van der Waals surface area contributed by atoms with Crippen molar-refractivity contribution in [1.29, 1.82) is 0 Å². The van der Waals surface area contributed by atoms with Crippen LogP contribution >= 0.6 is 0 Å². The number of hydrogen-bond acceptors (Lipinski definition) is 13. The Morgan fingerprint density at radius 3 is 0.740 bits per heavy atom. The first kappa shape index (κ1) is 48.6. The van der Waals surface area contributed by atoms with E-state index < -0.39 is 124 Å². The summed E-state index contributed by atoms with van der Waals surface area (Å²) < 4.78 is -5.84. The molecular weight excluding hydrogens is 732 g/mol. The Kier molecular flexibility index (Phi) is 14.4. The SMILES string of the molecule is CC(C)[O][Zr]([C](O)(O)C(C)(C)C(=O)CC(=O)C(C)(C)C)([C](O)(O)C(C)(C)C(=O)CC(=O)C(C)(C)C)[C](O)(O)C(C)(C)C(=O)CC(=O)C(C)(C)C. The van der Waals surface area contributed by atoms with Crippen LogP contribution in [0.25, 0.3) is 0 Å². The van der Waals surface area contributed by atoms with Crippen molar-refractivity contribution >= 4 is 34.7 Å². The first-order valence-electron chi connectivity index (χ1n) is 16.8. The Balaban J connectivity index is 8.47. The van der Waals surface area contributed by atoms with Crippen LogP contribution in [0.15, 0.2) is 0 Å². The van der Waals surface area contributed by atoms with Gasteiger partial charge in [-0.1, -0.05) is 0 Å². The summed E-state index contributed by atoms with van der Waals surface area (Å²) in [6, 6.07) is 0.